The van der Waals surface area contributed by atoms with Crippen molar-refractivity contribution >= 4 is 26.7 Å². The molecule has 0 radical (unpaired) electrons. The first-order chi connectivity index (χ1) is 8.70. The summed E-state index contributed by atoms with van der Waals surface area (Å²) in [6.45, 7) is 5.09. The molecule has 3 rings (SSSR count). The van der Waals surface area contributed by atoms with E-state index in [0.717, 1.165) is 30.1 Å². The number of fused-ring (bicyclic) bond motifs is 1. The molecular formula is C14H18N2OS. The zero-order valence-electron chi connectivity index (χ0n) is 10.8. The molecule has 1 fully saturated rings. The van der Waals surface area contributed by atoms with Crippen LogP contribution in [0.3, 0.4) is 0 Å². The Morgan fingerprint density at radius 1 is 1.44 bits per heavy atom. The molecule has 0 amide bonds. The second-order valence-electron chi connectivity index (χ2n) is 5.04. The molecule has 4 heteroatoms. The molecule has 0 spiro atoms. The maximum atomic E-state index is 5.56. The van der Waals surface area contributed by atoms with Crippen molar-refractivity contribution in [2.75, 3.05) is 11.9 Å². The van der Waals surface area contributed by atoms with Gasteiger partial charge in [-0.3, -0.25) is 0 Å². The lowest BCUT2D eigenvalue weighted by Gasteiger charge is -2.27. The van der Waals surface area contributed by atoms with Crippen LogP contribution in [0.2, 0.25) is 0 Å². The fourth-order valence-corrected chi connectivity index (χ4v) is 3.33. The lowest BCUT2D eigenvalue weighted by molar-refractivity contribution is 0.0232. The molecule has 96 valence electrons. The first kappa shape index (κ1) is 11.9. The molecule has 1 N–H and O–H groups in total. The lowest BCUT2D eigenvalue weighted by atomic mass is 10.1. The minimum absolute atomic E-state index is 0.355. The number of rotatable bonds is 2. The molecule has 0 saturated carbocycles. The summed E-state index contributed by atoms with van der Waals surface area (Å²) in [5.74, 6) is 0. The number of anilines is 1. The Balaban J connectivity index is 1.78. The van der Waals surface area contributed by atoms with Crippen molar-refractivity contribution in [3.05, 3.63) is 23.8 Å². The second-order valence-corrected chi connectivity index (χ2v) is 6.07. The average Bonchev–Trinajstić information content (AvgIpc) is 2.70. The van der Waals surface area contributed by atoms with Crippen molar-refractivity contribution in [2.24, 2.45) is 0 Å². The van der Waals surface area contributed by atoms with E-state index in [2.05, 4.69) is 42.3 Å². The largest absolute Gasteiger partial charge is 0.378 e. The Morgan fingerprint density at radius 3 is 3.17 bits per heavy atom. The summed E-state index contributed by atoms with van der Waals surface area (Å²) < 4.78 is 6.82. The van der Waals surface area contributed by atoms with Crippen LogP contribution in [0.1, 0.15) is 25.3 Å². The summed E-state index contributed by atoms with van der Waals surface area (Å²) in [6.07, 6.45) is 2.49. The second kappa shape index (κ2) is 4.86. The van der Waals surface area contributed by atoms with Crippen molar-refractivity contribution in [2.45, 2.75) is 38.8 Å². The van der Waals surface area contributed by atoms with Crippen molar-refractivity contribution in [3.63, 3.8) is 0 Å². The number of nitrogens with zero attached hydrogens (tertiary/aromatic N) is 1. The van der Waals surface area contributed by atoms with Crippen molar-refractivity contribution < 1.29 is 4.74 Å². The van der Waals surface area contributed by atoms with Crippen LogP contribution >= 0.6 is 11.3 Å². The molecule has 1 aliphatic rings. The predicted molar refractivity (Wildman–Crippen MR) is 76.4 cm³/mol. The van der Waals surface area contributed by atoms with Crippen LogP contribution in [-0.4, -0.2) is 23.7 Å². The van der Waals surface area contributed by atoms with Crippen molar-refractivity contribution in [3.8, 4) is 0 Å². The summed E-state index contributed by atoms with van der Waals surface area (Å²) in [5.41, 5.74) is 2.36. The van der Waals surface area contributed by atoms with Gasteiger partial charge < -0.3 is 10.1 Å². The molecule has 0 bridgehead atoms. The van der Waals surface area contributed by atoms with E-state index in [1.54, 1.807) is 11.3 Å². The molecule has 0 aliphatic carbocycles. The van der Waals surface area contributed by atoms with Crippen LogP contribution < -0.4 is 5.32 Å². The Hall–Kier alpha value is -1.13. The summed E-state index contributed by atoms with van der Waals surface area (Å²) in [6, 6.07) is 6.93. The van der Waals surface area contributed by atoms with Crippen LogP contribution in [-0.2, 0) is 4.74 Å². The van der Waals surface area contributed by atoms with Crippen molar-refractivity contribution in [1.82, 2.24) is 4.98 Å². The zero-order valence-corrected chi connectivity index (χ0v) is 11.6. The third-order valence-corrected chi connectivity index (χ3v) is 4.32. The van der Waals surface area contributed by atoms with E-state index in [0.29, 0.717) is 12.1 Å². The third-order valence-electron chi connectivity index (χ3n) is 3.36. The van der Waals surface area contributed by atoms with Gasteiger partial charge in [0, 0.05) is 12.6 Å². The van der Waals surface area contributed by atoms with Gasteiger partial charge in [0.1, 0.15) is 0 Å². The predicted octanol–water partition coefficient (Wildman–Crippen LogP) is 3.58. The smallest absolute Gasteiger partial charge is 0.184 e. The third kappa shape index (κ3) is 2.49. The normalized spacial score (nSPS) is 24.3. The van der Waals surface area contributed by atoms with E-state index in [9.17, 15) is 0 Å². The Labute approximate surface area is 111 Å². The molecule has 3 nitrogen and oxygen atoms in total. The van der Waals surface area contributed by atoms with E-state index in [1.807, 2.05) is 0 Å². The van der Waals surface area contributed by atoms with E-state index in [1.165, 1.54) is 10.3 Å². The van der Waals surface area contributed by atoms with Gasteiger partial charge in [-0.2, -0.15) is 0 Å². The maximum absolute atomic E-state index is 5.56. The van der Waals surface area contributed by atoms with Gasteiger partial charge in [-0.1, -0.05) is 17.4 Å². The number of aromatic nitrogens is 1. The molecular weight excluding hydrogens is 244 g/mol. The molecule has 2 aromatic rings. The number of nitrogens with one attached hydrogen (secondary N) is 1. The SMILES string of the molecule is Cc1ccc2sc(NC3CCOC(C)C3)nc2c1. The minimum atomic E-state index is 0.355. The van der Waals surface area contributed by atoms with Gasteiger partial charge in [0.05, 0.1) is 16.3 Å². The van der Waals surface area contributed by atoms with Crippen LogP contribution in [0.5, 0.6) is 0 Å². The van der Waals surface area contributed by atoms with Crippen LogP contribution in [0.4, 0.5) is 5.13 Å². The Morgan fingerprint density at radius 2 is 2.33 bits per heavy atom. The number of hydrogen-bond donors (Lipinski definition) is 1. The van der Waals surface area contributed by atoms with E-state index in [-0.39, 0.29) is 0 Å². The van der Waals surface area contributed by atoms with Gasteiger partial charge >= 0.3 is 0 Å². The number of ether oxygens (including phenoxy) is 1. The standard InChI is InChI=1S/C14H18N2OS/c1-9-3-4-13-12(7-9)16-14(18-13)15-11-5-6-17-10(2)8-11/h3-4,7,10-11H,5-6,8H2,1-2H3,(H,15,16). The van der Waals surface area contributed by atoms with Gasteiger partial charge in [-0.15, -0.1) is 0 Å². The number of hydrogen-bond acceptors (Lipinski definition) is 4. The highest BCUT2D eigenvalue weighted by atomic mass is 32.1. The number of aryl methyl sites for hydroxylation is 1. The summed E-state index contributed by atoms with van der Waals surface area (Å²) >= 11 is 1.74. The fourth-order valence-electron chi connectivity index (χ4n) is 2.40. The van der Waals surface area contributed by atoms with Crippen molar-refractivity contribution in [1.29, 1.82) is 0 Å². The number of benzene rings is 1. The molecule has 1 aromatic heterocycles. The molecule has 18 heavy (non-hydrogen) atoms. The topological polar surface area (TPSA) is 34.1 Å². The van der Waals surface area contributed by atoms with E-state index < -0.39 is 0 Å². The molecule has 1 aromatic carbocycles. The van der Waals surface area contributed by atoms with Gasteiger partial charge in [0.15, 0.2) is 5.13 Å². The highest BCUT2D eigenvalue weighted by Crippen LogP contribution is 2.28. The fraction of sp³-hybridized carbons (Fsp3) is 0.500. The van der Waals surface area contributed by atoms with E-state index in [4.69, 9.17) is 4.74 Å². The summed E-state index contributed by atoms with van der Waals surface area (Å²) in [5, 5.41) is 4.58. The van der Waals surface area contributed by atoms with Gasteiger partial charge in [0.2, 0.25) is 0 Å². The van der Waals surface area contributed by atoms with Gasteiger partial charge in [-0.25, -0.2) is 4.98 Å². The average molecular weight is 262 g/mol. The van der Waals surface area contributed by atoms with Gasteiger partial charge in [0.25, 0.3) is 0 Å². The van der Waals surface area contributed by atoms with Crippen LogP contribution in [0.25, 0.3) is 10.2 Å². The number of thiazole rings is 1. The Bertz CT molecular complexity index is 552. The zero-order chi connectivity index (χ0) is 12.5. The van der Waals surface area contributed by atoms with Gasteiger partial charge in [-0.05, 0) is 44.4 Å². The summed E-state index contributed by atoms with van der Waals surface area (Å²) in [7, 11) is 0. The molecule has 2 atom stereocenters. The monoisotopic (exact) mass is 262 g/mol. The molecule has 2 heterocycles. The quantitative estimate of drug-likeness (QED) is 0.898. The molecule has 1 saturated heterocycles. The highest BCUT2D eigenvalue weighted by Gasteiger charge is 2.20. The lowest BCUT2D eigenvalue weighted by Crippen LogP contribution is -2.32. The maximum Gasteiger partial charge on any atom is 0.184 e. The first-order valence-electron chi connectivity index (χ1n) is 6.46. The highest BCUT2D eigenvalue weighted by molar-refractivity contribution is 7.22. The molecule has 2 unspecified atom stereocenters. The van der Waals surface area contributed by atoms with Crippen LogP contribution in [0, 0.1) is 6.92 Å². The Kier molecular flexibility index (Phi) is 3.22. The minimum Gasteiger partial charge on any atom is -0.378 e. The molecule has 1 aliphatic heterocycles. The summed E-state index contributed by atoms with van der Waals surface area (Å²) in [4.78, 5) is 4.66. The first-order valence-corrected chi connectivity index (χ1v) is 7.28. The van der Waals surface area contributed by atoms with Crippen LogP contribution in [0.15, 0.2) is 18.2 Å². The van der Waals surface area contributed by atoms with E-state index >= 15 is 0 Å².